The van der Waals surface area contributed by atoms with E-state index in [1.807, 2.05) is 0 Å². The SMILES string of the molecule is CNc1ccc(S(=O)(=O)NCCOC(N)=O)cc1. The zero-order valence-electron chi connectivity index (χ0n) is 9.84. The molecule has 0 fully saturated rings. The molecule has 1 aromatic carbocycles. The highest BCUT2D eigenvalue weighted by molar-refractivity contribution is 7.89. The third-order valence-corrected chi connectivity index (χ3v) is 3.57. The Hall–Kier alpha value is -1.80. The summed E-state index contributed by atoms with van der Waals surface area (Å²) in [6.07, 6.45) is -0.937. The van der Waals surface area contributed by atoms with Crippen LogP contribution in [0.1, 0.15) is 0 Å². The average molecular weight is 273 g/mol. The third-order valence-electron chi connectivity index (χ3n) is 2.09. The van der Waals surface area contributed by atoms with Crippen molar-refractivity contribution in [3.8, 4) is 0 Å². The van der Waals surface area contributed by atoms with E-state index in [1.54, 1.807) is 19.2 Å². The summed E-state index contributed by atoms with van der Waals surface area (Å²) < 4.78 is 30.2. The Morgan fingerprint density at radius 3 is 2.44 bits per heavy atom. The van der Waals surface area contributed by atoms with E-state index in [0.717, 1.165) is 5.69 Å². The van der Waals surface area contributed by atoms with Gasteiger partial charge in [0.05, 0.1) is 4.90 Å². The lowest BCUT2D eigenvalue weighted by molar-refractivity contribution is 0.159. The van der Waals surface area contributed by atoms with Gasteiger partial charge in [0.25, 0.3) is 0 Å². The van der Waals surface area contributed by atoms with Crippen LogP contribution in [0, 0.1) is 0 Å². The molecule has 100 valence electrons. The minimum atomic E-state index is -3.59. The van der Waals surface area contributed by atoms with Gasteiger partial charge in [-0.1, -0.05) is 0 Å². The van der Waals surface area contributed by atoms with E-state index in [4.69, 9.17) is 5.73 Å². The summed E-state index contributed by atoms with van der Waals surface area (Å²) in [6.45, 7) is -0.137. The van der Waals surface area contributed by atoms with Gasteiger partial charge >= 0.3 is 6.09 Å². The van der Waals surface area contributed by atoms with Crippen molar-refractivity contribution < 1.29 is 17.9 Å². The van der Waals surface area contributed by atoms with Gasteiger partial charge < -0.3 is 15.8 Å². The first-order valence-corrected chi connectivity index (χ1v) is 6.64. The minimum Gasteiger partial charge on any atom is -0.448 e. The summed E-state index contributed by atoms with van der Waals surface area (Å²) in [4.78, 5) is 10.4. The summed E-state index contributed by atoms with van der Waals surface area (Å²) in [5, 5.41) is 2.88. The number of nitrogens with one attached hydrogen (secondary N) is 2. The van der Waals surface area contributed by atoms with Gasteiger partial charge in [-0.3, -0.25) is 0 Å². The number of rotatable bonds is 6. The summed E-state index contributed by atoms with van der Waals surface area (Å²) in [6, 6.07) is 6.25. The molecule has 1 amide bonds. The lowest BCUT2D eigenvalue weighted by Crippen LogP contribution is -2.29. The lowest BCUT2D eigenvalue weighted by Gasteiger charge is -2.07. The molecule has 0 heterocycles. The second-order valence-corrected chi connectivity index (χ2v) is 5.11. The third kappa shape index (κ3) is 4.22. The van der Waals surface area contributed by atoms with Crippen LogP contribution in [-0.4, -0.2) is 34.7 Å². The standard InChI is InChI=1S/C10H15N3O4S/c1-12-8-2-4-9(5-3-8)18(15,16)13-6-7-17-10(11)14/h2-5,12-13H,6-7H2,1H3,(H2,11,14). The zero-order valence-corrected chi connectivity index (χ0v) is 10.7. The van der Waals surface area contributed by atoms with Crippen LogP contribution in [0.3, 0.4) is 0 Å². The fourth-order valence-electron chi connectivity index (χ4n) is 1.21. The molecular weight excluding hydrogens is 258 g/mol. The normalized spacial score (nSPS) is 10.9. The predicted molar refractivity (Wildman–Crippen MR) is 66.7 cm³/mol. The predicted octanol–water partition coefficient (Wildman–Crippen LogP) is 0.102. The minimum absolute atomic E-state index is 0.0287. The molecule has 0 aromatic heterocycles. The maximum Gasteiger partial charge on any atom is 0.404 e. The first-order valence-electron chi connectivity index (χ1n) is 5.15. The monoisotopic (exact) mass is 273 g/mol. The van der Waals surface area contributed by atoms with Crippen LogP contribution in [-0.2, 0) is 14.8 Å². The Balaban J connectivity index is 2.59. The van der Waals surface area contributed by atoms with E-state index in [9.17, 15) is 13.2 Å². The van der Waals surface area contributed by atoms with Gasteiger partial charge in [0.2, 0.25) is 10.0 Å². The van der Waals surface area contributed by atoms with Crippen molar-refractivity contribution in [1.82, 2.24) is 4.72 Å². The number of ether oxygens (including phenoxy) is 1. The van der Waals surface area contributed by atoms with E-state index in [0.29, 0.717) is 0 Å². The van der Waals surface area contributed by atoms with Gasteiger partial charge in [0.1, 0.15) is 6.61 Å². The molecule has 0 aliphatic rings. The van der Waals surface area contributed by atoms with Crippen molar-refractivity contribution in [2.75, 3.05) is 25.5 Å². The molecule has 0 aliphatic heterocycles. The molecule has 0 bridgehead atoms. The Labute approximate surface area is 105 Å². The van der Waals surface area contributed by atoms with Crippen LogP contribution in [0.4, 0.5) is 10.5 Å². The molecule has 0 atom stereocenters. The Kier molecular flexibility index (Phi) is 4.93. The second-order valence-electron chi connectivity index (χ2n) is 3.34. The summed E-state index contributed by atoms with van der Waals surface area (Å²) in [5.74, 6) is 0. The van der Waals surface area contributed by atoms with Crippen LogP contribution in [0.2, 0.25) is 0 Å². The fourth-order valence-corrected chi connectivity index (χ4v) is 2.22. The van der Waals surface area contributed by atoms with Crippen molar-refractivity contribution in [2.45, 2.75) is 4.90 Å². The Morgan fingerprint density at radius 1 is 1.33 bits per heavy atom. The first kappa shape index (κ1) is 14.3. The van der Waals surface area contributed by atoms with Gasteiger partial charge in [0.15, 0.2) is 0 Å². The van der Waals surface area contributed by atoms with Gasteiger partial charge in [-0.25, -0.2) is 17.9 Å². The Bertz CT molecular complexity index is 498. The summed E-state index contributed by atoms with van der Waals surface area (Å²) >= 11 is 0. The molecular formula is C10H15N3O4S. The van der Waals surface area contributed by atoms with Crippen molar-refractivity contribution in [1.29, 1.82) is 0 Å². The van der Waals surface area contributed by atoms with E-state index in [2.05, 4.69) is 14.8 Å². The highest BCUT2D eigenvalue weighted by Crippen LogP contribution is 2.12. The van der Waals surface area contributed by atoms with Crippen molar-refractivity contribution >= 4 is 21.8 Å². The number of carbonyl (C=O) groups is 1. The number of hydrogen-bond donors (Lipinski definition) is 3. The molecule has 0 spiro atoms. The van der Waals surface area contributed by atoms with E-state index >= 15 is 0 Å². The van der Waals surface area contributed by atoms with Gasteiger partial charge in [-0.2, -0.15) is 0 Å². The maximum absolute atomic E-state index is 11.8. The maximum atomic E-state index is 11.8. The van der Waals surface area contributed by atoms with Crippen LogP contribution in [0.15, 0.2) is 29.2 Å². The van der Waals surface area contributed by atoms with Crippen LogP contribution >= 0.6 is 0 Å². The number of sulfonamides is 1. The fraction of sp³-hybridized carbons (Fsp3) is 0.300. The molecule has 18 heavy (non-hydrogen) atoms. The van der Waals surface area contributed by atoms with E-state index < -0.39 is 16.1 Å². The van der Waals surface area contributed by atoms with E-state index in [1.165, 1.54) is 12.1 Å². The number of amides is 1. The molecule has 8 heteroatoms. The molecule has 0 radical (unpaired) electrons. The zero-order chi connectivity index (χ0) is 13.6. The molecule has 1 aromatic rings. The van der Waals surface area contributed by atoms with Crippen molar-refractivity contribution in [2.24, 2.45) is 5.73 Å². The van der Waals surface area contributed by atoms with Crippen LogP contribution in [0.25, 0.3) is 0 Å². The van der Waals surface area contributed by atoms with Gasteiger partial charge in [-0.05, 0) is 24.3 Å². The Morgan fingerprint density at radius 2 is 1.94 bits per heavy atom. The number of primary amides is 1. The van der Waals surface area contributed by atoms with Gasteiger partial charge in [-0.15, -0.1) is 0 Å². The van der Waals surface area contributed by atoms with E-state index in [-0.39, 0.29) is 18.0 Å². The molecule has 0 saturated carbocycles. The average Bonchev–Trinajstić information content (AvgIpc) is 2.34. The largest absolute Gasteiger partial charge is 0.448 e. The molecule has 0 unspecified atom stereocenters. The molecule has 7 nitrogen and oxygen atoms in total. The number of carbonyl (C=O) groups excluding carboxylic acids is 1. The topological polar surface area (TPSA) is 111 Å². The quantitative estimate of drug-likeness (QED) is 0.637. The van der Waals surface area contributed by atoms with Crippen LogP contribution in [0.5, 0.6) is 0 Å². The highest BCUT2D eigenvalue weighted by atomic mass is 32.2. The molecule has 0 saturated heterocycles. The lowest BCUT2D eigenvalue weighted by atomic mass is 10.3. The van der Waals surface area contributed by atoms with Crippen molar-refractivity contribution in [3.05, 3.63) is 24.3 Å². The van der Waals surface area contributed by atoms with Crippen molar-refractivity contribution in [3.63, 3.8) is 0 Å². The first-order chi connectivity index (χ1) is 8.45. The molecule has 1 rings (SSSR count). The number of benzene rings is 1. The highest BCUT2D eigenvalue weighted by Gasteiger charge is 2.12. The summed E-state index contributed by atoms with van der Waals surface area (Å²) in [5.41, 5.74) is 5.55. The number of nitrogens with two attached hydrogens (primary N) is 1. The van der Waals surface area contributed by atoms with Crippen LogP contribution < -0.4 is 15.8 Å². The van der Waals surface area contributed by atoms with Gasteiger partial charge in [0, 0.05) is 19.3 Å². The molecule has 4 N–H and O–H groups in total. The molecule has 0 aliphatic carbocycles. The number of hydrogen-bond acceptors (Lipinski definition) is 5. The smallest absolute Gasteiger partial charge is 0.404 e. The number of anilines is 1. The second kappa shape index (κ2) is 6.22. The summed E-state index contributed by atoms with van der Waals surface area (Å²) in [7, 11) is -1.85.